The number of nitrogens with zero attached hydrogens (tertiary/aromatic N) is 3. The summed E-state index contributed by atoms with van der Waals surface area (Å²) in [4.78, 5) is 20.5. The maximum atomic E-state index is 12.6. The number of H-pyrrole nitrogens is 1. The van der Waals surface area contributed by atoms with Gasteiger partial charge >= 0.3 is 0 Å². The first-order valence-corrected chi connectivity index (χ1v) is 9.65. The quantitative estimate of drug-likeness (QED) is 0.543. The first-order chi connectivity index (χ1) is 14.6. The summed E-state index contributed by atoms with van der Waals surface area (Å²) in [6.07, 6.45) is 0.329. The molecule has 0 saturated heterocycles. The molecule has 0 spiro atoms. The molecule has 1 atom stereocenters. The van der Waals surface area contributed by atoms with Gasteiger partial charge in [0.05, 0.1) is 30.9 Å². The van der Waals surface area contributed by atoms with Crippen LogP contribution in [0.15, 0.2) is 42.5 Å². The minimum atomic E-state index is -0.147. The van der Waals surface area contributed by atoms with E-state index in [0.29, 0.717) is 29.7 Å². The van der Waals surface area contributed by atoms with E-state index in [1.54, 1.807) is 18.9 Å². The number of hydrogen-bond acceptors (Lipinski definition) is 5. The summed E-state index contributed by atoms with van der Waals surface area (Å²) in [6, 6.07) is 13.5. The highest BCUT2D eigenvalue weighted by atomic mass is 16.5. The third-order valence-electron chi connectivity index (χ3n) is 5.49. The molecule has 0 unspecified atom stereocenters. The summed E-state index contributed by atoms with van der Waals surface area (Å²) in [5.41, 5.74) is 4.53. The molecule has 0 radical (unpaired) electrons. The maximum absolute atomic E-state index is 12.6. The van der Waals surface area contributed by atoms with E-state index in [1.165, 1.54) is 0 Å². The predicted octanol–water partition coefficient (Wildman–Crippen LogP) is 3.55. The van der Waals surface area contributed by atoms with Crippen molar-refractivity contribution in [3.8, 4) is 17.4 Å². The van der Waals surface area contributed by atoms with Crippen LogP contribution in [-0.2, 0) is 4.79 Å². The van der Waals surface area contributed by atoms with Gasteiger partial charge in [0.25, 0.3) is 0 Å². The smallest absolute Gasteiger partial charge is 0.231 e. The molecule has 0 aliphatic carbocycles. The first-order valence-electron chi connectivity index (χ1n) is 9.65. The Kier molecular flexibility index (Phi) is 4.20. The molecule has 152 valence electrons. The van der Waals surface area contributed by atoms with Gasteiger partial charge in [-0.2, -0.15) is 9.78 Å². The summed E-state index contributed by atoms with van der Waals surface area (Å²) in [5.74, 6) is 2.27. The molecule has 4 aromatic rings. The average Bonchev–Trinajstić information content (AvgIpc) is 3.33. The Hall–Kier alpha value is -3.81. The highest BCUT2D eigenvalue weighted by Gasteiger charge is 2.33. The summed E-state index contributed by atoms with van der Waals surface area (Å²) >= 11 is 0. The molecular formula is C22H21N5O3. The number of methoxy groups -OCH3 is 2. The van der Waals surface area contributed by atoms with Crippen LogP contribution in [0.1, 0.15) is 29.2 Å². The van der Waals surface area contributed by atoms with Crippen LogP contribution in [0.4, 0.5) is 5.82 Å². The minimum absolute atomic E-state index is 0.0699. The van der Waals surface area contributed by atoms with Crippen molar-refractivity contribution in [1.29, 1.82) is 0 Å². The Bertz CT molecular complexity index is 1240. The molecule has 2 aromatic carbocycles. The number of carbonyl (C=O) groups is 1. The van der Waals surface area contributed by atoms with Crippen molar-refractivity contribution in [3.05, 3.63) is 59.3 Å². The number of rotatable bonds is 4. The molecule has 0 bridgehead atoms. The standard InChI is InChI=1S/C22H21N5O3/c1-12-20-14(13-8-9-17(29-2)18(10-13)30-3)11-19(28)25-21(20)27(26-12)22-23-15-6-4-5-7-16(15)24-22/h4-10,14H,11H2,1-3H3,(H,23,24)(H,25,28)/t14-/m1/s1. The first kappa shape index (κ1) is 18.2. The van der Waals surface area contributed by atoms with Gasteiger partial charge in [0.15, 0.2) is 11.5 Å². The zero-order chi connectivity index (χ0) is 20.8. The van der Waals surface area contributed by atoms with E-state index in [-0.39, 0.29) is 11.8 Å². The lowest BCUT2D eigenvalue weighted by Gasteiger charge is -2.24. The van der Waals surface area contributed by atoms with E-state index in [9.17, 15) is 4.79 Å². The molecular weight excluding hydrogens is 382 g/mol. The number of fused-ring (bicyclic) bond motifs is 2. The molecule has 1 aliphatic rings. The summed E-state index contributed by atoms with van der Waals surface area (Å²) in [5, 5.41) is 7.69. The van der Waals surface area contributed by atoms with E-state index < -0.39 is 0 Å². The molecule has 0 fully saturated rings. The molecule has 1 amide bonds. The number of hydrogen-bond donors (Lipinski definition) is 2. The Labute approximate surface area is 172 Å². The van der Waals surface area contributed by atoms with E-state index in [1.807, 2.05) is 49.4 Å². The van der Waals surface area contributed by atoms with Crippen molar-refractivity contribution in [2.24, 2.45) is 0 Å². The predicted molar refractivity (Wildman–Crippen MR) is 113 cm³/mol. The van der Waals surface area contributed by atoms with Crippen LogP contribution in [0.2, 0.25) is 0 Å². The van der Waals surface area contributed by atoms with E-state index in [0.717, 1.165) is 27.9 Å². The van der Waals surface area contributed by atoms with E-state index in [2.05, 4.69) is 15.3 Å². The normalized spacial score (nSPS) is 15.7. The number of benzene rings is 2. The van der Waals surface area contributed by atoms with Gasteiger partial charge in [-0.1, -0.05) is 18.2 Å². The number of aryl methyl sites for hydroxylation is 1. The molecule has 8 heteroatoms. The monoisotopic (exact) mass is 403 g/mol. The largest absolute Gasteiger partial charge is 0.493 e. The Balaban J connectivity index is 1.65. The van der Waals surface area contributed by atoms with Crippen LogP contribution in [-0.4, -0.2) is 39.9 Å². The second kappa shape index (κ2) is 6.91. The fraction of sp³-hybridized carbons (Fsp3) is 0.227. The summed E-state index contributed by atoms with van der Waals surface area (Å²) in [6.45, 7) is 1.95. The second-order valence-electron chi connectivity index (χ2n) is 7.26. The number of para-hydroxylation sites is 2. The van der Waals surface area contributed by atoms with Crippen molar-refractivity contribution in [2.75, 3.05) is 19.5 Å². The average molecular weight is 403 g/mol. The maximum Gasteiger partial charge on any atom is 0.231 e. The van der Waals surface area contributed by atoms with Crippen molar-refractivity contribution in [2.45, 2.75) is 19.3 Å². The summed E-state index contributed by atoms with van der Waals surface area (Å²) < 4.78 is 12.5. The lowest BCUT2D eigenvalue weighted by molar-refractivity contribution is -0.116. The van der Waals surface area contributed by atoms with Gasteiger partial charge in [0.1, 0.15) is 5.82 Å². The van der Waals surface area contributed by atoms with Gasteiger partial charge in [0.2, 0.25) is 11.9 Å². The van der Waals surface area contributed by atoms with Gasteiger partial charge in [-0.15, -0.1) is 0 Å². The van der Waals surface area contributed by atoms with Crippen molar-refractivity contribution in [3.63, 3.8) is 0 Å². The second-order valence-corrected chi connectivity index (χ2v) is 7.26. The molecule has 3 heterocycles. The van der Waals surface area contributed by atoms with Crippen LogP contribution in [0, 0.1) is 6.92 Å². The van der Waals surface area contributed by atoms with Gasteiger partial charge in [-0.05, 0) is 36.8 Å². The lowest BCUT2D eigenvalue weighted by Crippen LogP contribution is -2.25. The van der Waals surface area contributed by atoms with Crippen molar-refractivity contribution in [1.82, 2.24) is 19.7 Å². The third-order valence-corrected chi connectivity index (χ3v) is 5.49. The van der Waals surface area contributed by atoms with Crippen LogP contribution in [0.25, 0.3) is 17.0 Å². The molecule has 1 aliphatic heterocycles. The molecule has 8 nitrogen and oxygen atoms in total. The zero-order valence-corrected chi connectivity index (χ0v) is 16.9. The Morgan fingerprint density at radius 2 is 1.90 bits per heavy atom. The van der Waals surface area contributed by atoms with Gasteiger partial charge in [-0.3, -0.25) is 4.79 Å². The van der Waals surface area contributed by atoms with Gasteiger partial charge in [0, 0.05) is 17.9 Å². The zero-order valence-electron chi connectivity index (χ0n) is 16.9. The molecule has 2 N–H and O–H groups in total. The molecule has 0 saturated carbocycles. The highest BCUT2D eigenvalue weighted by Crippen LogP contribution is 2.42. The number of aromatic nitrogens is 4. The van der Waals surface area contributed by atoms with Crippen LogP contribution in [0.3, 0.4) is 0 Å². The number of anilines is 1. The number of ether oxygens (including phenoxy) is 2. The SMILES string of the molecule is COc1ccc([C@H]2CC(=O)Nc3c2c(C)nn3-c2nc3ccccc3[nH]2)cc1OC. The summed E-state index contributed by atoms with van der Waals surface area (Å²) in [7, 11) is 3.21. The Morgan fingerprint density at radius 1 is 1.10 bits per heavy atom. The van der Waals surface area contributed by atoms with E-state index in [4.69, 9.17) is 14.6 Å². The number of nitrogens with one attached hydrogen (secondary N) is 2. The van der Waals surface area contributed by atoms with Gasteiger partial charge < -0.3 is 19.8 Å². The number of amides is 1. The molecule has 2 aromatic heterocycles. The fourth-order valence-electron chi connectivity index (χ4n) is 4.09. The topological polar surface area (TPSA) is 94.1 Å². The lowest BCUT2D eigenvalue weighted by atomic mass is 9.85. The molecule has 30 heavy (non-hydrogen) atoms. The van der Waals surface area contributed by atoms with Crippen molar-refractivity contribution >= 4 is 22.8 Å². The molecule has 5 rings (SSSR count). The van der Waals surface area contributed by atoms with Crippen LogP contribution >= 0.6 is 0 Å². The Morgan fingerprint density at radius 3 is 2.67 bits per heavy atom. The van der Waals surface area contributed by atoms with Crippen LogP contribution < -0.4 is 14.8 Å². The van der Waals surface area contributed by atoms with Crippen molar-refractivity contribution < 1.29 is 14.3 Å². The fourth-order valence-corrected chi connectivity index (χ4v) is 4.09. The number of carbonyl (C=O) groups excluding carboxylic acids is 1. The number of aromatic amines is 1. The third kappa shape index (κ3) is 2.80. The van der Waals surface area contributed by atoms with E-state index >= 15 is 0 Å². The number of imidazole rings is 1. The van der Waals surface area contributed by atoms with Gasteiger partial charge in [-0.25, -0.2) is 4.98 Å². The highest BCUT2D eigenvalue weighted by molar-refractivity contribution is 5.95. The van der Waals surface area contributed by atoms with Crippen LogP contribution in [0.5, 0.6) is 11.5 Å². The minimum Gasteiger partial charge on any atom is -0.493 e.